The normalized spacial score (nSPS) is 11.8. The molecule has 0 bridgehead atoms. The zero-order chi connectivity index (χ0) is 16.7. The summed E-state index contributed by atoms with van der Waals surface area (Å²) in [6.45, 7) is 1.19. The van der Waals surface area contributed by atoms with E-state index in [0.29, 0.717) is 13.2 Å². The molecule has 0 aromatic heterocycles. The van der Waals surface area contributed by atoms with Crippen molar-refractivity contribution >= 4 is 11.6 Å². The first-order chi connectivity index (χ1) is 11.0. The van der Waals surface area contributed by atoms with E-state index in [-0.39, 0.29) is 18.1 Å². The zero-order valence-corrected chi connectivity index (χ0v) is 12.8. The molecule has 0 saturated heterocycles. The van der Waals surface area contributed by atoms with Crippen molar-refractivity contribution in [1.29, 1.82) is 0 Å². The van der Waals surface area contributed by atoms with Gasteiger partial charge in [0.2, 0.25) is 0 Å². The van der Waals surface area contributed by atoms with Crippen LogP contribution in [0.25, 0.3) is 0 Å². The molecule has 6 heteroatoms. The van der Waals surface area contributed by atoms with Crippen LogP contribution in [0.3, 0.4) is 0 Å². The number of benzene rings is 2. The quantitative estimate of drug-likeness (QED) is 0.811. The van der Waals surface area contributed by atoms with Crippen LogP contribution in [0.2, 0.25) is 0 Å². The average Bonchev–Trinajstić information content (AvgIpc) is 2.52. The number of anilines is 1. The number of hydrogen-bond donors (Lipinski definition) is 2. The Hall–Kier alpha value is -2.47. The molecule has 2 aromatic rings. The molecule has 2 rings (SSSR count). The molecular formula is C17H19F2N2O2+. The van der Waals surface area contributed by atoms with Crippen LogP contribution in [0.15, 0.2) is 48.5 Å². The highest BCUT2D eigenvalue weighted by Crippen LogP contribution is 2.14. The second-order valence-corrected chi connectivity index (χ2v) is 5.22. The van der Waals surface area contributed by atoms with Gasteiger partial charge in [-0.3, -0.25) is 4.79 Å². The Morgan fingerprint density at radius 2 is 1.91 bits per heavy atom. The van der Waals surface area contributed by atoms with Crippen LogP contribution in [0.4, 0.5) is 14.5 Å². The van der Waals surface area contributed by atoms with E-state index in [1.165, 1.54) is 0 Å². The third-order valence-electron chi connectivity index (χ3n) is 3.21. The molecule has 0 aliphatic rings. The third kappa shape index (κ3) is 5.67. The molecule has 2 aromatic carbocycles. The SMILES string of the molecule is C[NH+](CCOc1ccccc1)CC(=O)Nc1cc(F)ccc1F. The van der Waals surface area contributed by atoms with Crippen LogP contribution >= 0.6 is 0 Å². The molecule has 0 radical (unpaired) electrons. The molecular weight excluding hydrogens is 302 g/mol. The van der Waals surface area contributed by atoms with Crippen LogP contribution in [0.5, 0.6) is 5.75 Å². The lowest BCUT2D eigenvalue weighted by molar-refractivity contribution is -0.871. The summed E-state index contributed by atoms with van der Waals surface area (Å²) >= 11 is 0. The van der Waals surface area contributed by atoms with Crippen molar-refractivity contribution in [3.8, 4) is 5.75 Å². The highest BCUT2D eigenvalue weighted by Gasteiger charge is 2.13. The Kier molecular flexibility index (Phi) is 6.05. The molecule has 1 unspecified atom stereocenters. The average molecular weight is 321 g/mol. The number of para-hydroxylation sites is 1. The highest BCUT2D eigenvalue weighted by atomic mass is 19.1. The zero-order valence-electron chi connectivity index (χ0n) is 12.8. The predicted octanol–water partition coefficient (Wildman–Crippen LogP) is 1.50. The fraction of sp³-hybridized carbons (Fsp3) is 0.235. The standard InChI is InChI=1S/C17H18F2N2O2/c1-21(9-10-23-14-5-3-2-4-6-14)12-17(22)20-16-11-13(18)7-8-15(16)19/h2-8,11H,9-10,12H2,1H3,(H,20,22)/p+1. The summed E-state index contributed by atoms with van der Waals surface area (Å²) in [6.07, 6.45) is 0. The van der Waals surface area contributed by atoms with Gasteiger partial charge in [-0.05, 0) is 24.3 Å². The predicted molar refractivity (Wildman–Crippen MR) is 83.5 cm³/mol. The molecule has 0 aliphatic heterocycles. The van der Waals surface area contributed by atoms with Crippen LogP contribution in [0, 0.1) is 11.6 Å². The molecule has 23 heavy (non-hydrogen) atoms. The van der Waals surface area contributed by atoms with E-state index in [9.17, 15) is 13.6 Å². The van der Waals surface area contributed by atoms with Crippen molar-refractivity contribution in [3.05, 3.63) is 60.2 Å². The molecule has 2 N–H and O–H groups in total. The van der Waals surface area contributed by atoms with Gasteiger partial charge in [-0.25, -0.2) is 8.78 Å². The maximum Gasteiger partial charge on any atom is 0.279 e. The molecule has 0 saturated carbocycles. The Morgan fingerprint density at radius 1 is 1.17 bits per heavy atom. The first kappa shape index (κ1) is 16.9. The minimum atomic E-state index is -0.662. The van der Waals surface area contributed by atoms with Gasteiger partial charge in [0.1, 0.15) is 30.5 Å². The van der Waals surface area contributed by atoms with E-state index in [0.717, 1.165) is 28.8 Å². The Balaban J connectivity index is 1.75. The number of carbonyl (C=O) groups excluding carboxylic acids is 1. The molecule has 0 heterocycles. The van der Waals surface area contributed by atoms with Crippen LogP contribution < -0.4 is 15.0 Å². The summed E-state index contributed by atoms with van der Waals surface area (Å²) < 4.78 is 32.0. The summed E-state index contributed by atoms with van der Waals surface area (Å²) in [5.41, 5.74) is -0.150. The molecule has 0 fully saturated rings. The number of ether oxygens (including phenoxy) is 1. The van der Waals surface area contributed by atoms with Crippen LogP contribution in [-0.2, 0) is 4.79 Å². The third-order valence-corrected chi connectivity index (χ3v) is 3.21. The van der Waals surface area contributed by atoms with Crippen molar-refractivity contribution in [1.82, 2.24) is 0 Å². The number of likely N-dealkylation sites (N-methyl/N-ethyl adjacent to an activating group) is 1. The maximum atomic E-state index is 13.4. The van der Waals surface area contributed by atoms with Gasteiger partial charge in [-0.15, -0.1) is 0 Å². The molecule has 1 amide bonds. The Morgan fingerprint density at radius 3 is 2.65 bits per heavy atom. The second-order valence-electron chi connectivity index (χ2n) is 5.22. The van der Waals surface area contributed by atoms with Gasteiger partial charge >= 0.3 is 0 Å². The Bertz CT molecular complexity index is 650. The maximum absolute atomic E-state index is 13.4. The van der Waals surface area contributed by atoms with Crippen molar-refractivity contribution in [2.24, 2.45) is 0 Å². The van der Waals surface area contributed by atoms with Crippen molar-refractivity contribution < 1.29 is 23.2 Å². The van der Waals surface area contributed by atoms with Crippen molar-refractivity contribution in [3.63, 3.8) is 0 Å². The van der Waals surface area contributed by atoms with Gasteiger partial charge in [0.05, 0.1) is 12.7 Å². The van der Waals surface area contributed by atoms with Gasteiger partial charge < -0.3 is 15.0 Å². The smallest absolute Gasteiger partial charge is 0.279 e. The minimum absolute atomic E-state index is 0.133. The number of rotatable bonds is 7. The van der Waals surface area contributed by atoms with E-state index >= 15 is 0 Å². The summed E-state index contributed by atoms with van der Waals surface area (Å²) in [7, 11) is 1.83. The van der Waals surface area contributed by atoms with Gasteiger partial charge in [-0.1, -0.05) is 18.2 Å². The lowest BCUT2D eigenvalue weighted by Crippen LogP contribution is -3.10. The summed E-state index contributed by atoms with van der Waals surface area (Å²) in [4.78, 5) is 12.8. The van der Waals surface area contributed by atoms with Crippen LogP contribution in [0.1, 0.15) is 0 Å². The number of quaternary nitrogens is 1. The van der Waals surface area contributed by atoms with Gasteiger partial charge in [0.25, 0.3) is 5.91 Å². The monoisotopic (exact) mass is 321 g/mol. The minimum Gasteiger partial charge on any atom is -0.488 e. The molecule has 122 valence electrons. The van der Waals surface area contributed by atoms with Gasteiger partial charge in [0, 0.05) is 6.07 Å². The fourth-order valence-corrected chi connectivity index (χ4v) is 2.01. The lowest BCUT2D eigenvalue weighted by atomic mass is 10.3. The number of amides is 1. The summed E-state index contributed by atoms with van der Waals surface area (Å²) in [5, 5.41) is 2.37. The molecule has 0 aliphatic carbocycles. The van der Waals surface area contributed by atoms with E-state index in [1.807, 2.05) is 37.4 Å². The largest absolute Gasteiger partial charge is 0.488 e. The van der Waals surface area contributed by atoms with E-state index in [2.05, 4.69) is 5.32 Å². The topological polar surface area (TPSA) is 42.8 Å². The summed E-state index contributed by atoms with van der Waals surface area (Å²) in [6, 6.07) is 12.3. The summed E-state index contributed by atoms with van der Waals surface area (Å²) in [5.74, 6) is -0.873. The number of halogens is 2. The molecule has 0 spiro atoms. The van der Waals surface area contributed by atoms with E-state index in [1.54, 1.807) is 0 Å². The number of nitrogens with one attached hydrogen (secondary N) is 2. The fourth-order valence-electron chi connectivity index (χ4n) is 2.01. The lowest BCUT2D eigenvalue weighted by Gasteiger charge is -2.14. The van der Waals surface area contributed by atoms with Crippen LogP contribution in [-0.4, -0.2) is 32.7 Å². The van der Waals surface area contributed by atoms with E-state index in [4.69, 9.17) is 4.74 Å². The first-order valence-corrected chi connectivity index (χ1v) is 7.28. The van der Waals surface area contributed by atoms with Gasteiger partial charge in [-0.2, -0.15) is 0 Å². The molecule has 4 nitrogen and oxygen atoms in total. The van der Waals surface area contributed by atoms with Gasteiger partial charge in [0.15, 0.2) is 6.54 Å². The van der Waals surface area contributed by atoms with Crippen molar-refractivity contribution in [2.45, 2.75) is 0 Å². The number of carbonyl (C=O) groups is 1. The second kappa shape index (κ2) is 8.24. The first-order valence-electron chi connectivity index (χ1n) is 7.28. The molecule has 1 atom stereocenters. The number of hydrogen-bond acceptors (Lipinski definition) is 2. The van der Waals surface area contributed by atoms with Crippen molar-refractivity contribution in [2.75, 3.05) is 32.1 Å². The Labute approximate surface area is 133 Å². The highest BCUT2D eigenvalue weighted by molar-refractivity contribution is 5.91. The van der Waals surface area contributed by atoms with E-state index < -0.39 is 11.6 Å².